The van der Waals surface area contributed by atoms with Gasteiger partial charge in [-0.15, -0.1) is 0 Å². The number of ether oxygens (including phenoxy) is 1. The lowest BCUT2D eigenvalue weighted by molar-refractivity contribution is 0.442. The van der Waals surface area contributed by atoms with Gasteiger partial charge in [0.15, 0.2) is 11.6 Å². The molecule has 0 amide bonds. The van der Waals surface area contributed by atoms with Crippen molar-refractivity contribution in [3.8, 4) is 11.5 Å². The lowest BCUT2D eigenvalue weighted by Crippen LogP contribution is -2.26. The van der Waals surface area contributed by atoms with Gasteiger partial charge in [0.05, 0.1) is 5.69 Å². The Bertz CT molecular complexity index is 573. The van der Waals surface area contributed by atoms with Crippen molar-refractivity contribution in [2.24, 2.45) is 5.84 Å². The molecule has 19 heavy (non-hydrogen) atoms. The molecular formula is C15H17FN2O. The van der Waals surface area contributed by atoms with Crippen molar-refractivity contribution in [3.05, 3.63) is 53.3 Å². The maximum Gasteiger partial charge on any atom is 0.165 e. The smallest absolute Gasteiger partial charge is 0.165 e. The number of rotatable bonds is 3. The lowest BCUT2D eigenvalue weighted by atomic mass is 10.1. The van der Waals surface area contributed by atoms with E-state index in [0.717, 1.165) is 16.8 Å². The molecule has 0 atom stereocenters. The average molecular weight is 260 g/mol. The highest BCUT2D eigenvalue weighted by Crippen LogP contribution is 2.31. The van der Waals surface area contributed by atoms with Crippen LogP contribution < -0.4 is 15.6 Å². The van der Waals surface area contributed by atoms with Crippen molar-refractivity contribution < 1.29 is 9.13 Å². The molecule has 0 unspecified atom stereocenters. The molecule has 2 rings (SSSR count). The topological polar surface area (TPSA) is 38.5 Å². The summed E-state index contributed by atoms with van der Waals surface area (Å²) in [5.41, 5.74) is 2.91. The van der Waals surface area contributed by atoms with Crippen molar-refractivity contribution >= 4 is 5.69 Å². The standard InChI is InChI=1S/C15H17FN2O/c1-10-8-12(9-11(2)15(10)18(3)17)19-14-7-5-4-6-13(14)16/h4-9H,17H2,1-3H3. The fourth-order valence-electron chi connectivity index (χ4n) is 2.19. The summed E-state index contributed by atoms with van der Waals surface area (Å²) in [4.78, 5) is 0. The number of hydrazine groups is 1. The number of nitrogens with two attached hydrogens (primary N) is 1. The molecule has 0 aliphatic heterocycles. The Labute approximate surface area is 112 Å². The number of nitrogens with zero attached hydrogens (tertiary/aromatic N) is 1. The average Bonchev–Trinajstić information content (AvgIpc) is 2.30. The largest absolute Gasteiger partial charge is 0.454 e. The van der Waals surface area contributed by atoms with Gasteiger partial charge in [0.2, 0.25) is 0 Å². The molecule has 3 nitrogen and oxygen atoms in total. The van der Waals surface area contributed by atoms with Gasteiger partial charge in [-0.05, 0) is 49.2 Å². The molecule has 0 heterocycles. The van der Waals surface area contributed by atoms with E-state index in [0.29, 0.717) is 5.75 Å². The predicted molar refractivity (Wildman–Crippen MR) is 75.0 cm³/mol. The molecule has 0 aliphatic carbocycles. The third kappa shape index (κ3) is 2.85. The van der Waals surface area contributed by atoms with Crippen LogP contribution in [0.25, 0.3) is 0 Å². The van der Waals surface area contributed by atoms with Gasteiger partial charge in [0.25, 0.3) is 0 Å². The Morgan fingerprint density at radius 3 is 2.21 bits per heavy atom. The highest BCUT2D eigenvalue weighted by Gasteiger charge is 2.10. The molecule has 0 bridgehead atoms. The molecule has 100 valence electrons. The van der Waals surface area contributed by atoms with E-state index in [4.69, 9.17) is 10.6 Å². The first kappa shape index (κ1) is 13.4. The zero-order valence-corrected chi connectivity index (χ0v) is 11.3. The van der Waals surface area contributed by atoms with Gasteiger partial charge in [-0.2, -0.15) is 0 Å². The van der Waals surface area contributed by atoms with Crippen LogP contribution in [0.3, 0.4) is 0 Å². The zero-order valence-electron chi connectivity index (χ0n) is 11.3. The predicted octanol–water partition coefficient (Wildman–Crippen LogP) is 3.54. The van der Waals surface area contributed by atoms with Gasteiger partial charge in [-0.1, -0.05) is 12.1 Å². The number of aryl methyl sites for hydroxylation is 2. The van der Waals surface area contributed by atoms with E-state index in [-0.39, 0.29) is 11.6 Å². The molecule has 0 fully saturated rings. The molecule has 2 N–H and O–H groups in total. The van der Waals surface area contributed by atoms with Gasteiger partial charge < -0.3 is 9.75 Å². The van der Waals surface area contributed by atoms with Crippen LogP contribution in [0.1, 0.15) is 11.1 Å². The second-order valence-electron chi connectivity index (χ2n) is 4.55. The molecule has 0 saturated carbocycles. The van der Waals surface area contributed by atoms with Gasteiger partial charge in [-0.25, -0.2) is 10.2 Å². The summed E-state index contributed by atoms with van der Waals surface area (Å²) in [6.07, 6.45) is 0. The molecule has 0 saturated heterocycles. The lowest BCUT2D eigenvalue weighted by Gasteiger charge is -2.19. The van der Waals surface area contributed by atoms with E-state index < -0.39 is 0 Å². The van der Waals surface area contributed by atoms with Gasteiger partial charge in [0.1, 0.15) is 5.75 Å². The maximum atomic E-state index is 13.5. The van der Waals surface area contributed by atoms with Crippen molar-refractivity contribution in [3.63, 3.8) is 0 Å². The molecule has 4 heteroatoms. The quantitative estimate of drug-likeness (QED) is 0.677. The zero-order chi connectivity index (χ0) is 14.0. The Kier molecular flexibility index (Phi) is 3.71. The van der Waals surface area contributed by atoms with Crippen LogP contribution in [0.4, 0.5) is 10.1 Å². The number of halogens is 1. The maximum absolute atomic E-state index is 13.5. The first-order valence-electron chi connectivity index (χ1n) is 6.01. The minimum absolute atomic E-state index is 0.218. The summed E-state index contributed by atoms with van der Waals surface area (Å²) in [6, 6.07) is 10.0. The van der Waals surface area contributed by atoms with Gasteiger partial charge >= 0.3 is 0 Å². The normalized spacial score (nSPS) is 10.4. The number of hydrogen-bond acceptors (Lipinski definition) is 3. The third-order valence-corrected chi connectivity index (χ3v) is 2.88. The monoisotopic (exact) mass is 260 g/mol. The summed E-state index contributed by atoms with van der Waals surface area (Å²) in [5.74, 6) is 6.22. The molecule has 0 aromatic heterocycles. The third-order valence-electron chi connectivity index (χ3n) is 2.88. The van der Waals surface area contributed by atoms with Crippen LogP contribution in [0.2, 0.25) is 0 Å². The summed E-state index contributed by atoms with van der Waals surface area (Å²) in [5, 5.41) is 1.57. The fraction of sp³-hybridized carbons (Fsp3) is 0.200. The SMILES string of the molecule is Cc1cc(Oc2ccccc2F)cc(C)c1N(C)N. The fourth-order valence-corrected chi connectivity index (χ4v) is 2.19. The summed E-state index contributed by atoms with van der Waals surface area (Å²) >= 11 is 0. The van der Waals surface area contributed by atoms with Crippen molar-refractivity contribution in [2.45, 2.75) is 13.8 Å². The van der Waals surface area contributed by atoms with Gasteiger partial charge in [-0.3, -0.25) is 0 Å². The molecule has 2 aromatic carbocycles. The number of benzene rings is 2. The molecule has 0 spiro atoms. The molecule has 0 aliphatic rings. The van der Waals surface area contributed by atoms with Crippen LogP contribution in [-0.2, 0) is 0 Å². The van der Waals surface area contributed by atoms with Crippen LogP contribution in [0, 0.1) is 19.7 Å². The molecular weight excluding hydrogens is 243 g/mol. The Morgan fingerprint density at radius 1 is 1.11 bits per heavy atom. The van der Waals surface area contributed by atoms with Crippen LogP contribution in [0.15, 0.2) is 36.4 Å². The second kappa shape index (κ2) is 5.28. The Balaban J connectivity index is 2.35. The molecule has 0 radical (unpaired) electrons. The van der Waals surface area contributed by atoms with Crippen molar-refractivity contribution in [1.29, 1.82) is 0 Å². The first-order chi connectivity index (χ1) is 8.99. The number of para-hydroxylation sites is 1. The van der Waals surface area contributed by atoms with Gasteiger partial charge in [0, 0.05) is 7.05 Å². The van der Waals surface area contributed by atoms with Crippen LogP contribution in [-0.4, -0.2) is 7.05 Å². The van der Waals surface area contributed by atoms with Crippen molar-refractivity contribution in [1.82, 2.24) is 0 Å². The minimum atomic E-state index is -0.377. The van der Waals surface area contributed by atoms with E-state index in [1.54, 1.807) is 30.3 Å². The summed E-state index contributed by atoms with van der Waals surface area (Å²) < 4.78 is 19.1. The van der Waals surface area contributed by atoms with E-state index in [1.165, 1.54) is 6.07 Å². The van der Waals surface area contributed by atoms with E-state index in [9.17, 15) is 4.39 Å². The van der Waals surface area contributed by atoms with E-state index >= 15 is 0 Å². The summed E-state index contributed by atoms with van der Waals surface area (Å²) in [7, 11) is 1.78. The minimum Gasteiger partial charge on any atom is -0.454 e. The van der Waals surface area contributed by atoms with Crippen molar-refractivity contribution in [2.75, 3.05) is 12.1 Å². The number of hydrogen-bond donors (Lipinski definition) is 1. The van der Waals surface area contributed by atoms with Crippen LogP contribution in [0.5, 0.6) is 11.5 Å². The van der Waals surface area contributed by atoms with E-state index in [2.05, 4.69) is 0 Å². The summed E-state index contributed by atoms with van der Waals surface area (Å²) in [6.45, 7) is 3.89. The highest BCUT2D eigenvalue weighted by atomic mass is 19.1. The van der Waals surface area contributed by atoms with Crippen LogP contribution >= 0.6 is 0 Å². The highest BCUT2D eigenvalue weighted by molar-refractivity contribution is 5.60. The Hall–Kier alpha value is -2.07. The molecule has 2 aromatic rings. The first-order valence-corrected chi connectivity index (χ1v) is 6.01. The second-order valence-corrected chi connectivity index (χ2v) is 4.55. The number of anilines is 1. The van der Waals surface area contributed by atoms with E-state index in [1.807, 2.05) is 26.0 Å². The Morgan fingerprint density at radius 2 is 1.68 bits per heavy atom.